The van der Waals surface area contributed by atoms with Crippen LogP contribution in [0.4, 0.5) is 0 Å². The molecule has 0 aromatic heterocycles. The van der Waals surface area contributed by atoms with Gasteiger partial charge in [0, 0.05) is 12.5 Å². The van der Waals surface area contributed by atoms with Crippen LogP contribution in [0.1, 0.15) is 25.7 Å². The van der Waals surface area contributed by atoms with Crippen molar-refractivity contribution in [1.29, 1.82) is 0 Å². The van der Waals surface area contributed by atoms with Crippen LogP contribution in [0.2, 0.25) is 6.32 Å². The third-order valence-electron chi connectivity index (χ3n) is 4.10. The van der Waals surface area contributed by atoms with Gasteiger partial charge >= 0.3 is 13.1 Å². The monoisotopic (exact) mass is 344 g/mol. The summed E-state index contributed by atoms with van der Waals surface area (Å²) in [6, 6.07) is 0. The van der Waals surface area contributed by atoms with Gasteiger partial charge < -0.3 is 25.8 Å². The maximum absolute atomic E-state index is 11.5. The highest BCUT2D eigenvalue weighted by Gasteiger charge is 2.46. The molecule has 0 radical (unpaired) electrons. The van der Waals surface area contributed by atoms with Crippen LogP contribution >= 0.6 is 24.8 Å². The van der Waals surface area contributed by atoms with E-state index in [-0.39, 0.29) is 43.0 Å². The van der Waals surface area contributed by atoms with Gasteiger partial charge in [-0.15, -0.1) is 24.8 Å². The van der Waals surface area contributed by atoms with Crippen LogP contribution in [0.15, 0.2) is 0 Å². The van der Waals surface area contributed by atoms with Crippen LogP contribution in [0, 0.1) is 11.8 Å². The van der Waals surface area contributed by atoms with Crippen molar-refractivity contribution in [3.8, 4) is 0 Å². The second kappa shape index (κ2) is 9.87. The van der Waals surface area contributed by atoms with Crippen LogP contribution in [0.5, 0.6) is 0 Å². The minimum absolute atomic E-state index is 0. The maximum Gasteiger partial charge on any atom is 0.451 e. The van der Waals surface area contributed by atoms with Crippen LogP contribution in [-0.4, -0.2) is 59.3 Å². The first-order valence-electron chi connectivity index (χ1n) is 6.79. The van der Waals surface area contributed by atoms with E-state index in [1.165, 1.54) is 0 Å². The predicted octanol–water partition coefficient (Wildman–Crippen LogP) is 0.453. The number of carbonyl (C=O) groups is 1. The van der Waals surface area contributed by atoms with Crippen molar-refractivity contribution in [3.63, 3.8) is 0 Å². The lowest BCUT2D eigenvalue weighted by Gasteiger charge is -2.42. The number of nitrogens with two attached hydrogens (primary N) is 1. The standard InChI is InChI=1S/C12H25BN2O4.2ClH/c1-15(2)8-10-4-3-9(5-6-13(18)19)7-12(10,14)11(16)17;;/h9-10,18-19H,3-8,14H2,1-2H3,(H,16,17);2*1H. The third-order valence-corrected chi connectivity index (χ3v) is 4.10. The third kappa shape index (κ3) is 6.71. The van der Waals surface area contributed by atoms with E-state index in [4.69, 9.17) is 15.8 Å². The average Bonchev–Trinajstić information content (AvgIpc) is 2.29. The van der Waals surface area contributed by atoms with Crippen molar-refractivity contribution in [3.05, 3.63) is 0 Å². The zero-order valence-corrected chi connectivity index (χ0v) is 14.2. The summed E-state index contributed by atoms with van der Waals surface area (Å²) in [4.78, 5) is 13.5. The fraction of sp³-hybridized carbons (Fsp3) is 0.917. The molecule has 1 saturated carbocycles. The van der Waals surface area contributed by atoms with Gasteiger partial charge in [0.25, 0.3) is 0 Å². The zero-order valence-electron chi connectivity index (χ0n) is 12.6. The summed E-state index contributed by atoms with van der Waals surface area (Å²) in [6.45, 7) is 0.665. The van der Waals surface area contributed by atoms with Crippen LogP contribution in [-0.2, 0) is 4.79 Å². The van der Waals surface area contributed by atoms with E-state index in [0.717, 1.165) is 12.8 Å². The van der Waals surface area contributed by atoms with Gasteiger partial charge in [0.2, 0.25) is 0 Å². The summed E-state index contributed by atoms with van der Waals surface area (Å²) in [5.74, 6) is -0.856. The Morgan fingerprint density at radius 3 is 2.33 bits per heavy atom. The molecule has 1 rings (SSSR count). The van der Waals surface area contributed by atoms with E-state index in [1.807, 2.05) is 19.0 Å². The molecule has 1 aliphatic carbocycles. The lowest BCUT2D eigenvalue weighted by molar-refractivity contribution is -0.148. The molecule has 9 heteroatoms. The fourth-order valence-electron chi connectivity index (χ4n) is 3.03. The lowest BCUT2D eigenvalue weighted by atomic mass is 9.66. The van der Waals surface area contributed by atoms with Crippen LogP contribution < -0.4 is 5.73 Å². The summed E-state index contributed by atoms with van der Waals surface area (Å²) in [7, 11) is 2.50. The Balaban J connectivity index is 0. The maximum atomic E-state index is 11.5. The molecule has 0 amide bonds. The number of carboxylic acid groups (broad SMARTS) is 1. The van der Waals surface area contributed by atoms with Gasteiger partial charge in [-0.3, -0.25) is 4.79 Å². The summed E-state index contributed by atoms with van der Waals surface area (Å²) < 4.78 is 0. The summed E-state index contributed by atoms with van der Waals surface area (Å²) in [5, 5.41) is 27.2. The molecule has 0 spiro atoms. The molecule has 0 aromatic carbocycles. The lowest BCUT2D eigenvalue weighted by Crippen LogP contribution is -2.59. The number of nitrogens with zero attached hydrogens (tertiary/aromatic N) is 1. The molecule has 5 N–H and O–H groups in total. The van der Waals surface area contributed by atoms with Crippen LogP contribution in [0.25, 0.3) is 0 Å². The molecule has 0 heterocycles. The SMILES string of the molecule is CN(C)CC1CCC(CCB(O)O)CC1(N)C(=O)O.Cl.Cl. The molecule has 3 unspecified atom stereocenters. The Labute approximate surface area is 139 Å². The summed E-state index contributed by atoms with van der Waals surface area (Å²) in [5.41, 5.74) is 4.94. The van der Waals surface area contributed by atoms with Gasteiger partial charge in [0.15, 0.2) is 0 Å². The second-order valence-electron chi connectivity index (χ2n) is 6.01. The first-order valence-corrected chi connectivity index (χ1v) is 6.79. The van der Waals surface area contributed by atoms with Gasteiger partial charge in [-0.05, 0) is 45.6 Å². The van der Waals surface area contributed by atoms with E-state index in [2.05, 4.69) is 0 Å². The number of rotatable bonds is 6. The first kappa shape index (κ1) is 23.2. The fourth-order valence-corrected chi connectivity index (χ4v) is 3.03. The molecule has 0 aromatic rings. The van der Waals surface area contributed by atoms with Crippen molar-refractivity contribution in [2.45, 2.75) is 37.5 Å². The van der Waals surface area contributed by atoms with Crippen molar-refractivity contribution in [2.75, 3.05) is 20.6 Å². The minimum Gasteiger partial charge on any atom is -0.480 e. The van der Waals surface area contributed by atoms with E-state index < -0.39 is 18.6 Å². The minimum atomic E-state index is -1.32. The molecular weight excluding hydrogens is 318 g/mol. The van der Waals surface area contributed by atoms with Crippen molar-refractivity contribution in [1.82, 2.24) is 4.90 Å². The Morgan fingerprint density at radius 2 is 1.90 bits per heavy atom. The quantitative estimate of drug-likeness (QED) is 0.521. The van der Waals surface area contributed by atoms with E-state index in [1.54, 1.807) is 0 Å². The number of halogens is 2. The Hall–Kier alpha value is -0.0451. The highest BCUT2D eigenvalue weighted by molar-refractivity contribution is 6.40. The average molecular weight is 345 g/mol. The number of aliphatic carboxylic acids is 1. The molecule has 6 nitrogen and oxygen atoms in total. The highest BCUT2D eigenvalue weighted by Crippen LogP contribution is 2.38. The zero-order chi connectivity index (χ0) is 14.6. The molecule has 1 fully saturated rings. The number of hydrogen-bond acceptors (Lipinski definition) is 5. The summed E-state index contributed by atoms with van der Waals surface area (Å²) in [6.07, 6.45) is 2.97. The number of hydrogen-bond donors (Lipinski definition) is 4. The van der Waals surface area contributed by atoms with Crippen molar-refractivity contribution < 1.29 is 19.9 Å². The molecule has 1 aliphatic rings. The van der Waals surface area contributed by atoms with Crippen molar-refractivity contribution in [2.24, 2.45) is 17.6 Å². The molecule has 0 bridgehead atoms. The molecule has 0 aliphatic heterocycles. The molecule has 21 heavy (non-hydrogen) atoms. The Kier molecular flexibility index (Phi) is 10.9. The predicted molar refractivity (Wildman–Crippen MR) is 88.1 cm³/mol. The topological polar surface area (TPSA) is 107 Å². The van der Waals surface area contributed by atoms with E-state index in [9.17, 15) is 9.90 Å². The van der Waals surface area contributed by atoms with Gasteiger partial charge in [0.05, 0.1) is 0 Å². The largest absolute Gasteiger partial charge is 0.480 e. The van der Waals surface area contributed by atoms with E-state index >= 15 is 0 Å². The highest BCUT2D eigenvalue weighted by atomic mass is 35.5. The van der Waals surface area contributed by atoms with E-state index in [0.29, 0.717) is 19.4 Å². The van der Waals surface area contributed by atoms with Gasteiger partial charge in [-0.2, -0.15) is 0 Å². The smallest absolute Gasteiger partial charge is 0.451 e. The Bertz CT molecular complexity index is 324. The molecule has 0 saturated heterocycles. The van der Waals surface area contributed by atoms with Gasteiger partial charge in [-0.1, -0.05) is 6.42 Å². The van der Waals surface area contributed by atoms with Gasteiger partial charge in [0.1, 0.15) is 5.54 Å². The molecule has 126 valence electrons. The normalized spacial score (nSPS) is 28.5. The molecular formula is C12H27BCl2N2O4. The van der Waals surface area contributed by atoms with Crippen LogP contribution in [0.3, 0.4) is 0 Å². The second-order valence-corrected chi connectivity index (χ2v) is 6.01. The first-order chi connectivity index (χ1) is 8.75. The summed E-state index contributed by atoms with van der Waals surface area (Å²) >= 11 is 0. The Morgan fingerprint density at radius 1 is 1.33 bits per heavy atom. The molecule has 3 atom stereocenters. The number of carboxylic acids is 1. The van der Waals surface area contributed by atoms with Crippen molar-refractivity contribution >= 4 is 37.9 Å². The van der Waals surface area contributed by atoms with Gasteiger partial charge in [-0.25, -0.2) is 0 Å².